The van der Waals surface area contributed by atoms with Crippen LogP contribution >= 0.6 is 0 Å². The van der Waals surface area contributed by atoms with Crippen LogP contribution in [0.25, 0.3) is 0 Å². The van der Waals surface area contributed by atoms with E-state index in [1.807, 2.05) is 0 Å². The summed E-state index contributed by atoms with van der Waals surface area (Å²) in [5.74, 6) is 0. The highest BCUT2D eigenvalue weighted by Crippen LogP contribution is 2.35. The molecule has 0 aromatic rings. The topological polar surface area (TPSA) is 41.5 Å². The third-order valence-electron chi connectivity index (χ3n) is 4.31. The van der Waals surface area contributed by atoms with Gasteiger partial charge in [-0.2, -0.15) is 0 Å². The van der Waals surface area contributed by atoms with Gasteiger partial charge in [0.1, 0.15) is 0 Å². The van der Waals surface area contributed by atoms with E-state index in [1.54, 1.807) is 0 Å². The molecule has 2 fully saturated rings. The lowest BCUT2D eigenvalue weighted by atomic mass is 9.98. The maximum Gasteiger partial charge on any atom is 0.0614 e. The summed E-state index contributed by atoms with van der Waals surface area (Å²) in [5, 5.41) is 13.3. The van der Waals surface area contributed by atoms with Gasteiger partial charge in [-0.25, -0.2) is 0 Å². The summed E-state index contributed by atoms with van der Waals surface area (Å²) in [6, 6.07) is 0.667. The largest absolute Gasteiger partial charge is 0.394 e. The highest BCUT2D eigenvalue weighted by Gasteiger charge is 2.42. The molecule has 0 aromatic heterocycles. The van der Waals surface area contributed by atoms with Crippen LogP contribution in [0.2, 0.25) is 0 Å². The molecule has 2 unspecified atom stereocenters. The Bertz CT molecular complexity index is 243. The molecule has 18 heavy (non-hydrogen) atoms. The van der Waals surface area contributed by atoms with E-state index in [0.717, 1.165) is 25.9 Å². The van der Waals surface area contributed by atoms with Crippen molar-refractivity contribution in [1.29, 1.82) is 0 Å². The summed E-state index contributed by atoms with van der Waals surface area (Å²) in [6.07, 6.45) is 11.2. The number of hydrogen-bond acceptors (Lipinski definition) is 3. The predicted molar refractivity (Wildman–Crippen MR) is 73.7 cm³/mol. The third-order valence-corrected chi connectivity index (χ3v) is 4.31. The first-order valence-electron chi connectivity index (χ1n) is 7.78. The van der Waals surface area contributed by atoms with Crippen molar-refractivity contribution >= 4 is 0 Å². The third kappa shape index (κ3) is 4.22. The van der Waals surface area contributed by atoms with Crippen LogP contribution in [0.3, 0.4) is 0 Å². The van der Waals surface area contributed by atoms with Crippen LogP contribution in [0.5, 0.6) is 0 Å². The number of unbranched alkanes of at least 4 members (excludes halogenated alkanes) is 3. The van der Waals surface area contributed by atoms with Gasteiger partial charge in [-0.3, -0.25) is 0 Å². The van der Waals surface area contributed by atoms with E-state index >= 15 is 0 Å². The van der Waals surface area contributed by atoms with Crippen molar-refractivity contribution in [2.45, 2.75) is 82.4 Å². The Morgan fingerprint density at radius 1 is 1.22 bits per heavy atom. The summed E-state index contributed by atoms with van der Waals surface area (Å²) in [7, 11) is 0. The van der Waals surface area contributed by atoms with E-state index < -0.39 is 0 Å². The zero-order chi connectivity index (χ0) is 12.8. The monoisotopic (exact) mass is 255 g/mol. The molecule has 2 saturated carbocycles. The van der Waals surface area contributed by atoms with Crippen molar-refractivity contribution in [1.82, 2.24) is 5.32 Å². The van der Waals surface area contributed by atoms with Crippen LogP contribution in [0, 0.1) is 0 Å². The number of aliphatic hydroxyl groups is 1. The minimum atomic E-state index is -0.0325. The van der Waals surface area contributed by atoms with Gasteiger partial charge >= 0.3 is 0 Å². The average Bonchev–Trinajstić information content (AvgIpc) is 3.09. The first-order valence-corrected chi connectivity index (χ1v) is 7.78. The second-order valence-electron chi connectivity index (χ2n) is 6.15. The van der Waals surface area contributed by atoms with Crippen molar-refractivity contribution in [2.24, 2.45) is 0 Å². The minimum Gasteiger partial charge on any atom is -0.394 e. The Morgan fingerprint density at radius 2 is 2.06 bits per heavy atom. The molecule has 3 heteroatoms. The van der Waals surface area contributed by atoms with Gasteiger partial charge in [-0.1, -0.05) is 26.2 Å². The van der Waals surface area contributed by atoms with E-state index in [0.29, 0.717) is 12.1 Å². The van der Waals surface area contributed by atoms with Crippen LogP contribution in [-0.4, -0.2) is 36.0 Å². The van der Waals surface area contributed by atoms with Crippen molar-refractivity contribution in [3.05, 3.63) is 0 Å². The smallest absolute Gasteiger partial charge is 0.0614 e. The fraction of sp³-hybridized carbons (Fsp3) is 1.00. The van der Waals surface area contributed by atoms with Gasteiger partial charge in [0.05, 0.1) is 12.7 Å². The lowest BCUT2D eigenvalue weighted by Crippen LogP contribution is -2.48. The molecule has 2 aliphatic carbocycles. The molecule has 0 spiro atoms. The van der Waals surface area contributed by atoms with Crippen LogP contribution in [0.15, 0.2) is 0 Å². The molecule has 3 nitrogen and oxygen atoms in total. The fourth-order valence-corrected chi connectivity index (χ4v) is 2.98. The summed E-state index contributed by atoms with van der Waals surface area (Å²) >= 11 is 0. The fourth-order valence-electron chi connectivity index (χ4n) is 2.98. The lowest BCUT2D eigenvalue weighted by molar-refractivity contribution is 0.0442. The van der Waals surface area contributed by atoms with Gasteiger partial charge in [0.2, 0.25) is 0 Å². The van der Waals surface area contributed by atoms with Crippen molar-refractivity contribution < 1.29 is 9.84 Å². The number of nitrogens with one attached hydrogen (secondary N) is 1. The van der Waals surface area contributed by atoms with Gasteiger partial charge in [-0.05, 0) is 38.5 Å². The summed E-state index contributed by atoms with van der Waals surface area (Å²) in [4.78, 5) is 0. The van der Waals surface area contributed by atoms with E-state index in [4.69, 9.17) is 4.74 Å². The van der Waals surface area contributed by atoms with Crippen molar-refractivity contribution in [3.8, 4) is 0 Å². The Hall–Kier alpha value is -0.120. The molecule has 0 bridgehead atoms. The molecule has 0 heterocycles. The first-order chi connectivity index (χ1) is 8.78. The van der Waals surface area contributed by atoms with Crippen LogP contribution in [-0.2, 0) is 4.74 Å². The van der Waals surface area contributed by atoms with E-state index in [9.17, 15) is 5.11 Å². The van der Waals surface area contributed by atoms with Crippen LogP contribution < -0.4 is 5.32 Å². The summed E-state index contributed by atoms with van der Waals surface area (Å²) in [6.45, 7) is 3.39. The molecule has 106 valence electrons. The average molecular weight is 255 g/mol. The Labute approximate surface area is 111 Å². The lowest BCUT2D eigenvalue weighted by Gasteiger charge is -2.28. The molecule has 2 aliphatic rings. The van der Waals surface area contributed by atoms with Crippen LogP contribution in [0.4, 0.5) is 0 Å². The minimum absolute atomic E-state index is 0.0325. The standard InChI is InChI=1S/C15H29NO2/c1-2-3-4-5-10-18-14-8-9-15(11-14,12-17)16-13-6-7-13/h13-14,16-17H,2-12H2,1H3. The Morgan fingerprint density at radius 3 is 2.72 bits per heavy atom. The van der Waals surface area contributed by atoms with Crippen LogP contribution in [0.1, 0.15) is 64.7 Å². The maximum atomic E-state index is 9.63. The van der Waals surface area contributed by atoms with Gasteiger partial charge in [-0.15, -0.1) is 0 Å². The maximum absolute atomic E-state index is 9.63. The molecule has 0 radical (unpaired) electrons. The molecule has 2 rings (SSSR count). The van der Waals surface area contributed by atoms with Gasteiger partial charge < -0.3 is 15.2 Å². The zero-order valence-corrected chi connectivity index (χ0v) is 11.8. The van der Waals surface area contributed by atoms with E-state index in [2.05, 4.69) is 12.2 Å². The molecular formula is C15H29NO2. The second-order valence-corrected chi connectivity index (χ2v) is 6.15. The highest BCUT2D eigenvalue weighted by atomic mass is 16.5. The summed E-state index contributed by atoms with van der Waals surface area (Å²) < 4.78 is 5.96. The van der Waals surface area contributed by atoms with E-state index in [-0.39, 0.29) is 12.1 Å². The number of rotatable bonds is 9. The highest BCUT2D eigenvalue weighted by molar-refractivity contribution is 5.01. The Balaban J connectivity index is 1.63. The molecular weight excluding hydrogens is 226 g/mol. The van der Waals surface area contributed by atoms with Crippen molar-refractivity contribution in [3.63, 3.8) is 0 Å². The van der Waals surface area contributed by atoms with Gasteiger partial charge in [0.25, 0.3) is 0 Å². The quantitative estimate of drug-likeness (QED) is 0.622. The second kappa shape index (κ2) is 6.88. The molecule has 2 N–H and O–H groups in total. The van der Waals surface area contributed by atoms with E-state index in [1.165, 1.54) is 38.5 Å². The molecule has 0 amide bonds. The van der Waals surface area contributed by atoms with Gasteiger partial charge in [0, 0.05) is 18.2 Å². The zero-order valence-electron chi connectivity index (χ0n) is 11.8. The summed E-state index contributed by atoms with van der Waals surface area (Å²) in [5.41, 5.74) is -0.0325. The molecule has 0 aliphatic heterocycles. The molecule has 0 aromatic carbocycles. The molecule has 2 atom stereocenters. The normalized spacial score (nSPS) is 32.0. The number of ether oxygens (including phenoxy) is 1. The first kappa shape index (κ1) is 14.3. The Kier molecular flexibility index (Phi) is 5.46. The SMILES string of the molecule is CCCCCCOC1CCC(CO)(NC2CC2)C1. The molecule has 0 saturated heterocycles. The van der Waals surface area contributed by atoms with Gasteiger partial charge in [0.15, 0.2) is 0 Å². The number of aliphatic hydroxyl groups excluding tert-OH is 1. The number of hydrogen-bond donors (Lipinski definition) is 2. The van der Waals surface area contributed by atoms with Crippen molar-refractivity contribution in [2.75, 3.05) is 13.2 Å². The predicted octanol–water partition coefficient (Wildman–Crippen LogP) is 2.62.